The van der Waals surface area contributed by atoms with Gasteiger partial charge in [-0.25, -0.2) is 18.1 Å². The maximum Gasteiger partial charge on any atom is 0.213 e. The van der Waals surface area contributed by atoms with Crippen molar-refractivity contribution in [3.05, 3.63) is 16.6 Å². The number of nitrogens with one attached hydrogen (secondary N) is 2. The summed E-state index contributed by atoms with van der Waals surface area (Å²) in [5, 5.41) is 5.41. The summed E-state index contributed by atoms with van der Waals surface area (Å²) in [6.07, 6.45) is 1.67. The summed E-state index contributed by atoms with van der Waals surface area (Å²) < 4.78 is 26.1. The topological polar surface area (TPSA) is 71.1 Å². The average Bonchev–Trinajstić information content (AvgIpc) is 2.66. The summed E-state index contributed by atoms with van der Waals surface area (Å²) in [6.45, 7) is 4.05. The molecule has 0 saturated carbocycles. The molecule has 16 heavy (non-hydrogen) atoms. The van der Waals surface area contributed by atoms with Crippen LogP contribution in [0.25, 0.3) is 0 Å². The van der Waals surface area contributed by atoms with Gasteiger partial charge in [0.2, 0.25) is 10.0 Å². The lowest BCUT2D eigenvalue weighted by molar-refractivity contribution is 0.469. The summed E-state index contributed by atoms with van der Waals surface area (Å²) in [7, 11) is -1.55. The minimum absolute atomic E-state index is 0.0678. The van der Waals surface area contributed by atoms with Crippen LogP contribution in [0.5, 0.6) is 0 Å². The fourth-order valence-electron chi connectivity index (χ4n) is 1.25. The van der Waals surface area contributed by atoms with Crippen molar-refractivity contribution < 1.29 is 8.42 Å². The van der Waals surface area contributed by atoms with Crippen LogP contribution < -0.4 is 10.0 Å². The quantitative estimate of drug-likeness (QED) is 0.785. The predicted octanol–water partition coefficient (Wildman–Crippen LogP) is 0.517. The van der Waals surface area contributed by atoms with Crippen LogP contribution in [0.15, 0.2) is 11.6 Å². The highest BCUT2D eigenvalue weighted by atomic mass is 32.2. The van der Waals surface area contributed by atoms with Crippen molar-refractivity contribution in [3.63, 3.8) is 0 Å². The van der Waals surface area contributed by atoms with E-state index in [1.807, 2.05) is 19.2 Å². The predicted molar refractivity (Wildman–Crippen MR) is 66.0 cm³/mol. The van der Waals surface area contributed by atoms with E-state index in [1.54, 1.807) is 13.2 Å². The first kappa shape index (κ1) is 13.6. The van der Waals surface area contributed by atoms with Gasteiger partial charge in [-0.1, -0.05) is 0 Å². The number of thiazole rings is 1. The fourth-order valence-corrected chi connectivity index (χ4v) is 3.48. The van der Waals surface area contributed by atoms with Gasteiger partial charge in [-0.3, -0.25) is 0 Å². The highest BCUT2D eigenvalue weighted by molar-refractivity contribution is 7.89. The SMILES string of the molecule is CNCCS(=O)(=O)NC(C)(C)c1nccs1. The van der Waals surface area contributed by atoms with E-state index in [-0.39, 0.29) is 5.75 Å². The Morgan fingerprint density at radius 3 is 2.69 bits per heavy atom. The zero-order valence-electron chi connectivity index (χ0n) is 9.65. The van der Waals surface area contributed by atoms with Gasteiger partial charge in [-0.2, -0.15) is 0 Å². The molecule has 0 atom stereocenters. The molecule has 0 fully saturated rings. The zero-order valence-corrected chi connectivity index (χ0v) is 11.3. The monoisotopic (exact) mass is 263 g/mol. The molecular weight excluding hydrogens is 246 g/mol. The lowest BCUT2D eigenvalue weighted by Gasteiger charge is -2.23. The van der Waals surface area contributed by atoms with E-state index in [4.69, 9.17) is 0 Å². The standard InChI is InChI=1S/C9H17N3O2S2/c1-9(2,8-11-4-6-15-8)12-16(13,14)7-5-10-3/h4,6,10,12H,5,7H2,1-3H3. The molecule has 0 spiro atoms. The molecule has 0 aliphatic rings. The van der Waals surface area contributed by atoms with Crippen molar-refractivity contribution in [2.45, 2.75) is 19.4 Å². The number of aromatic nitrogens is 1. The number of hydrogen-bond donors (Lipinski definition) is 2. The molecule has 7 heteroatoms. The molecule has 1 heterocycles. The zero-order chi connectivity index (χ0) is 12.2. The second kappa shape index (κ2) is 5.22. The van der Waals surface area contributed by atoms with E-state index in [9.17, 15) is 8.42 Å². The van der Waals surface area contributed by atoms with Crippen LogP contribution in [0.1, 0.15) is 18.9 Å². The molecule has 0 aliphatic carbocycles. The molecule has 0 aromatic carbocycles. The van der Waals surface area contributed by atoms with Crippen LogP contribution in [0.2, 0.25) is 0 Å². The molecule has 0 aliphatic heterocycles. The molecule has 0 amide bonds. The Morgan fingerprint density at radius 1 is 1.50 bits per heavy atom. The Balaban J connectivity index is 2.73. The first-order chi connectivity index (χ1) is 7.37. The van der Waals surface area contributed by atoms with E-state index < -0.39 is 15.6 Å². The van der Waals surface area contributed by atoms with Gasteiger partial charge in [-0.15, -0.1) is 11.3 Å². The number of sulfonamides is 1. The molecule has 0 saturated heterocycles. The molecule has 0 radical (unpaired) electrons. The van der Waals surface area contributed by atoms with Gasteiger partial charge in [0, 0.05) is 18.1 Å². The fraction of sp³-hybridized carbons (Fsp3) is 0.667. The van der Waals surface area contributed by atoms with Crippen LogP contribution in [0, 0.1) is 0 Å². The van der Waals surface area contributed by atoms with Gasteiger partial charge >= 0.3 is 0 Å². The summed E-state index contributed by atoms with van der Waals surface area (Å²) in [5.41, 5.74) is -0.652. The third-order valence-corrected chi connectivity index (χ3v) is 4.66. The van der Waals surface area contributed by atoms with E-state index in [2.05, 4.69) is 15.0 Å². The van der Waals surface area contributed by atoms with Crippen molar-refractivity contribution >= 4 is 21.4 Å². The molecule has 1 aromatic rings. The molecule has 1 aromatic heterocycles. The summed E-state index contributed by atoms with van der Waals surface area (Å²) in [4.78, 5) is 4.13. The Morgan fingerprint density at radius 2 is 2.19 bits per heavy atom. The number of rotatable bonds is 6. The molecule has 1 rings (SSSR count). The Bertz CT molecular complexity index is 412. The van der Waals surface area contributed by atoms with Crippen LogP contribution >= 0.6 is 11.3 Å². The van der Waals surface area contributed by atoms with Gasteiger partial charge in [-0.05, 0) is 20.9 Å². The highest BCUT2D eigenvalue weighted by Crippen LogP contribution is 2.22. The van der Waals surface area contributed by atoms with E-state index in [1.165, 1.54) is 11.3 Å². The summed E-state index contributed by atoms with van der Waals surface area (Å²) in [5.74, 6) is 0.0678. The van der Waals surface area contributed by atoms with Crippen molar-refractivity contribution in [2.24, 2.45) is 0 Å². The lowest BCUT2D eigenvalue weighted by Crippen LogP contribution is -2.43. The smallest absolute Gasteiger partial charge is 0.213 e. The number of hydrogen-bond acceptors (Lipinski definition) is 5. The first-order valence-electron chi connectivity index (χ1n) is 4.93. The van der Waals surface area contributed by atoms with Crippen LogP contribution in [0.4, 0.5) is 0 Å². The molecule has 92 valence electrons. The van der Waals surface area contributed by atoms with Crippen molar-refractivity contribution in [3.8, 4) is 0 Å². The largest absolute Gasteiger partial charge is 0.319 e. The van der Waals surface area contributed by atoms with Gasteiger partial charge in [0.05, 0.1) is 11.3 Å². The summed E-state index contributed by atoms with van der Waals surface area (Å²) >= 11 is 1.44. The Labute approximate surface area is 100 Å². The van der Waals surface area contributed by atoms with E-state index >= 15 is 0 Å². The first-order valence-corrected chi connectivity index (χ1v) is 7.47. The molecule has 0 unspecified atom stereocenters. The van der Waals surface area contributed by atoms with Gasteiger partial charge in [0.1, 0.15) is 5.01 Å². The highest BCUT2D eigenvalue weighted by Gasteiger charge is 2.28. The van der Waals surface area contributed by atoms with Crippen molar-refractivity contribution in [1.82, 2.24) is 15.0 Å². The van der Waals surface area contributed by atoms with E-state index in [0.29, 0.717) is 6.54 Å². The Kier molecular flexibility index (Phi) is 4.43. The average molecular weight is 263 g/mol. The van der Waals surface area contributed by atoms with E-state index in [0.717, 1.165) is 5.01 Å². The third kappa shape index (κ3) is 3.82. The molecule has 2 N–H and O–H groups in total. The van der Waals surface area contributed by atoms with Gasteiger partial charge < -0.3 is 5.32 Å². The second-order valence-electron chi connectivity index (χ2n) is 3.99. The number of nitrogens with zero attached hydrogens (tertiary/aromatic N) is 1. The normalized spacial score (nSPS) is 12.9. The Hall–Kier alpha value is -0.500. The van der Waals surface area contributed by atoms with Gasteiger partial charge in [0.15, 0.2) is 0 Å². The van der Waals surface area contributed by atoms with Crippen molar-refractivity contribution in [2.75, 3.05) is 19.3 Å². The second-order valence-corrected chi connectivity index (χ2v) is 6.72. The minimum atomic E-state index is -3.27. The third-order valence-electron chi connectivity index (χ3n) is 2.00. The molecule has 0 bridgehead atoms. The minimum Gasteiger partial charge on any atom is -0.319 e. The lowest BCUT2D eigenvalue weighted by atomic mass is 10.1. The molecule has 5 nitrogen and oxygen atoms in total. The maximum atomic E-state index is 11.7. The molecular formula is C9H17N3O2S2. The van der Waals surface area contributed by atoms with Crippen LogP contribution in [0.3, 0.4) is 0 Å². The van der Waals surface area contributed by atoms with Crippen LogP contribution in [-0.2, 0) is 15.6 Å². The summed E-state index contributed by atoms with van der Waals surface area (Å²) in [6, 6.07) is 0. The van der Waals surface area contributed by atoms with Crippen LogP contribution in [-0.4, -0.2) is 32.7 Å². The maximum absolute atomic E-state index is 11.7. The van der Waals surface area contributed by atoms with Gasteiger partial charge in [0.25, 0.3) is 0 Å². The van der Waals surface area contributed by atoms with Crippen molar-refractivity contribution in [1.29, 1.82) is 0 Å².